The zero-order chi connectivity index (χ0) is 20.9. The first-order chi connectivity index (χ1) is 14.7. The monoisotopic (exact) mass is 412 g/mol. The normalized spacial score (nSPS) is 30.8. The summed E-state index contributed by atoms with van der Waals surface area (Å²) in [7, 11) is 0. The van der Waals surface area contributed by atoms with E-state index in [0.717, 1.165) is 5.56 Å². The number of aliphatic hydroxyl groups excluding tert-OH is 1. The number of esters is 1. The lowest BCUT2D eigenvalue weighted by Gasteiger charge is -2.47. The van der Waals surface area contributed by atoms with Gasteiger partial charge in [0, 0.05) is 5.56 Å². The first-order valence-corrected chi connectivity index (χ1v) is 9.81. The number of aliphatic hydroxyl groups is 1. The molecule has 6 atom stereocenters. The SMILES string of the molecule is C=CCOC1O[C@@H]2CO[C@@H](c3ccccc3)O[C@H]2[C@H](O)[C@H]1OC(=O)c1ccccc1. The van der Waals surface area contributed by atoms with Crippen molar-refractivity contribution in [2.45, 2.75) is 37.0 Å². The Morgan fingerprint density at radius 2 is 1.80 bits per heavy atom. The molecule has 0 amide bonds. The molecule has 0 saturated carbocycles. The van der Waals surface area contributed by atoms with Gasteiger partial charge in [-0.2, -0.15) is 0 Å². The van der Waals surface area contributed by atoms with Crippen LogP contribution in [0.4, 0.5) is 0 Å². The number of ether oxygens (including phenoxy) is 5. The molecule has 2 aromatic carbocycles. The van der Waals surface area contributed by atoms with Crippen molar-refractivity contribution >= 4 is 5.97 Å². The number of fused-ring (bicyclic) bond motifs is 1. The van der Waals surface area contributed by atoms with E-state index in [2.05, 4.69) is 6.58 Å². The van der Waals surface area contributed by atoms with Gasteiger partial charge in [-0.15, -0.1) is 6.58 Å². The Hall–Kier alpha value is -2.55. The van der Waals surface area contributed by atoms with E-state index in [9.17, 15) is 9.90 Å². The molecule has 0 radical (unpaired) electrons. The van der Waals surface area contributed by atoms with Crippen LogP contribution < -0.4 is 0 Å². The molecule has 0 aromatic heterocycles. The molecular weight excluding hydrogens is 388 g/mol. The highest BCUT2D eigenvalue weighted by Gasteiger charge is 2.51. The molecule has 0 bridgehead atoms. The van der Waals surface area contributed by atoms with Crippen molar-refractivity contribution in [3.05, 3.63) is 84.4 Å². The van der Waals surface area contributed by atoms with Crippen LogP contribution in [0.2, 0.25) is 0 Å². The molecular formula is C23H24O7. The number of carbonyl (C=O) groups excluding carboxylic acids is 1. The van der Waals surface area contributed by atoms with Crippen LogP contribution in [-0.2, 0) is 23.7 Å². The molecule has 1 N–H and O–H groups in total. The predicted octanol–water partition coefficient (Wildman–Crippen LogP) is 2.61. The van der Waals surface area contributed by atoms with E-state index in [4.69, 9.17) is 23.7 Å². The molecule has 0 spiro atoms. The van der Waals surface area contributed by atoms with Gasteiger partial charge in [0.05, 0.1) is 18.8 Å². The first-order valence-electron chi connectivity index (χ1n) is 9.81. The minimum absolute atomic E-state index is 0.169. The van der Waals surface area contributed by atoms with Crippen LogP contribution in [0.3, 0.4) is 0 Å². The molecule has 0 aliphatic carbocycles. The van der Waals surface area contributed by atoms with Crippen molar-refractivity contribution in [3.8, 4) is 0 Å². The Morgan fingerprint density at radius 1 is 1.10 bits per heavy atom. The molecule has 2 aliphatic rings. The number of hydrogen-bond donors (Lipinski definition) is 1. The van der Waals surface area contributed by atoms with Gasteiger partial charge in [-0.1, -0.05) is 54.6 Å². The molecule has 2 saturated heterocycles. The molecule has 30 heavy (non-hydrogen) atoms. The van der Waals surface area contributed by atoms with Crippen molar-refractivity contribution in [1.82, 2.24) is 0 Å². The summed E-state index contributed by atoms with van der Waals surface area (Å²) in [5.74, 6) is -0.583. The van der Waals surface area contributed by atoms with Crippen LogP contribution in [0, 0.1) is 0 Å². The van der Waals surface area contributed by atoms with Crippen molar-refractivity contribution < 1.29 is 33.6 Å². The summed E-state index contributed by atoms with van der Waals surface area (Å²) >= 11 is 0. The van der Waals surface area contributed by atoms with E-state index in [0.29, 0.717) is 5.56 Å². The van der Waals surface area contributed by atoms with Crippen molar-refractivity contribution in [3.63, 3.8) is 0 Å². The third-order valence-corrected chi connectivity index (χ3v) is 5.01. The van der Waals surface area contributed by atoms with E-state index in [1.54, 1.807) is 36.4 Å². The maximum absolute atomic E-state index is 12.6. The Balaban J connectivity index is 1.52. The van der Waals surface area contributed by atoms with Crippen LogP contribution in [0.1, 0.15) is 22.2 Å². The molecule has 2 heterocycles. The largest absolute Gasteiger partial charge is 0.450 e. The van der Waals surface area contributed by atoms with Gasteiger partial charge < -0.3 is 28.8 Å². The van der Waals surface area contributed by atoms with Crippen LogP contribution >= 0.6 is 0 Å². The fourth-order valence-electron chi connectivity index (χ4n) is 3.53. The summed E-state index contributed by atoms with van der Waals surface area (Å²) < 4.78 is 28.9. The van der Waals surface area contributed by atoms with E-state index in [1.807, 2.05) is 30.3 Å². The first kappa shape index (κ1) is 20.7. The molecule has 1 unspecified atom stereocenters. The smallest absolute Gasteiger partial charge is 0.338 e. The van der Waals surface area contributed by atoms with Gasteiger partial charge in [0.25, 0.3) is 0 Å². The summed E-state index contributed by atoms with van der Waals surface area (Å²) in [6, 6.07) is 18.0. The fraction of sp³-hybridized carbons (Fsp3) is 0.348. The number of carbonyl (C=O) groups is 1. The molecule has 7 heteroatoms. The van der Waals surface area contributed by atoms with Gasteiger partial charge in [-0.3, -0.25) is 0 Å². The van der Waals surface area contributed by atoms with E-state index in [-0.39, 0.29) is 13.2 Å². The van der Waals surface area contributed by atoms with Gasteiger partial charge >= 0.3 is 5.97 Å². The minimum atomic E-state index is -1.17. The van der Waals surface area contributed by atoms with Crippen LogP contribution in [0.15, 0.2) is 73.3 Å². The predicted molar refractivity (Wildman–Crippen MR) is 106 cm³/mol. The van der Waals surface area contributed by atoms with Gasteiger partial charge in [-0.25, -0.2) is 4.79 Å². The van der Waals surface area contributed by atoms with Gasteiger partial charge in [0.15, 0.2) is 18.7 Å². The highest BCUT2D eigenvalue weighted by molar-refractivity contribution is 5.89. The van der Waals surface area contributed by atoms with Crippen molar-refractivity contribution in [2.24, 2.45) is 0 Å². The van der Waals surface area contributed by atoms with Gasteiger partial charge in [-0.05, 0) is 12.1 Å². The third-order valence-electron chi connectivity index (χ3n) is 5.01. The molecule has 4 rings (SSSR count). The Kier molecular flexibility index (Phi) is 6.56. The molecule has 2 fully saturated rings. The zero-order valence-electron chi connectivity index (χ0n) is 16.3. The van der Waals surface area contributed by atoms with Crippen LogP contribution in [0.5, 0.6) is 0 Å². The maximum Gasteiger partial charge on any atom is 0.338 e. The Labute approximate surface area is 174 Å². The van der Waals surface area contributed by atoms with Gasteiger partial charge in [0.1, 0.15) is 18.3 Å². The highest BCUT2D eigenvalue weighted by atomic mass is 16.8. The summed E-state index contributed by atoms with van der Waals surface area (Å²) in [4.78, 5) is 12.6. The van der Waals surface area contributed by atoms with E-state index >= 15 is 0 Å². The quantitative estimate of drug-likeness (QED) is 0.577. The third kappa shape index (κ3) is 4.45. The fourth-order valence-corrected chi connectivity index (χ4v) is 3.53. The minimum Gasteiger partial charge on any atom is -0.450 e. The van der Waals surface area contributed by atoms with E-state index in [1.165, 1.54) is 0 Å². The maximum atomic E-state index is 12.6. The molecule has 2 aliphatic heterocycles. The topological polar surface area (TPSA) is 83.5 Å². The zero-order valence-corrected chi connectivity index (χ0v) is 16.3. The standard InChI is InChI=1S/C23H24O7/c1-2-13-26-23-20(29-21(25)15-9-5-3-6-10-15)18(24)19-17(28-23)14-27-22(30-19)16-11-7-4-8-12-16/h2-12,17-20,22-24H,1,13-14H2/t17-,18+,19-,20-,22-,23?/m1/s1. The van der Waals surface area contributed by atoms with E-state index < -0.39 is 43.0 Å². The Morgan fingerprint density at radius 3 is 2.50 bits per heavy atom. The average molecular weight is 412 g/mol. The lowest BCUT2D eigenvalue weighted by molar-refractivity contribution is -0.359. The second-order valence-electron chi connectivity index (χ2n) is 7.07. The lowest BCUT2D eigenvalue weighted by atomic mass is 9.97. The molecule has 158 valence electrons. The van der Waals surface area contributed by atoms with Crippen molar-refractivity contribution in [1.29, 1.82) is 0 Å². The lowest BCUT2D eigenvalue weighted by Crippen LogP contribution is -2.63. The summed E-state index contributed by atoms with van der Waals surface area (Å²) in [6.45, 7) is 3.99. The summed E-state index contributed by atoms with van der Waals surface area (Å²) in [6.07, 6.45) is -3.64. The Bertz CT molecular complexity index is 841. The second kappa shape index (κ2) is 9.51. The number of benzene rings is 2. The summed E-state index contributed by atoms with van der Waals surface area (Å²) in [5.41, 5.74) is 1.19. The number of hydrogen-bond acceptors (Lipinski definition) is 7. The van der Waals surface area contributed by atoms with Crippen LogP contribution in [-0.4, -0.2) is 55.0 Å². The molecule has 2 aromatic rings. The van der Waals surface area contributed by atoms with Crippen molar-refractivity contribution in [2.75, 3.05) is 13.2 Å². The van der Waals surface area contributed by atoms with Crippen LogP contribution in [0.25, 0.3) is 0 Å². The highest BCUT2D eigenvalue weighted by Crippen LogP contribution is 2.35. The van der Waals surface area contributed by atoms with Gasteiger partial charge in [0.2, 0.25) is 0 Å². The summed E-state index contributed by atoms with van der Waals surface area (Å²) in [5, 5.41) is 11.1. The average Bonchev–Trinajstić information content (AvgIpc) is 2.80. The second-order valence-corrected chi connectivity index (χ2v) is 7.07. The molecule has 7 nitrogen and oxygen atoms in total. The number of rotatable bonds is 6.